The van der Waals surface area contributed by atoms with Gasteiger partial charge < -0.3 is 39.8 Å². The van der Waals surface area contributed by atoms with Gasteiger partial charge >= 0.3 is 0 Å². The second-order valence-electron chi connectivity index (χ2n) is 11.4. The van der Waals surface area contributed by atoms with E-state index in [9.17, 15) is 10.2 Å². The Hall–Kier alpha value is -3.46. The van der Waals surface area contributed by atoms with Gasteiger partial charge in [0.2, 0.25) is 11.8 Å². The molecule has 0 bridgehead atoms. The van der Waals surface area contributed by atoms with E-state index in [4.69, 9.17) is 42.1 Å². The summed E-state index contributed by atoms with van der Waals surface area (Å²) in [5, 5.41) is 27.8. The fourth-order valence-corrected chi connectivity index (χ4v) is 5.85. The number of nitrogens with zero attached hydrogens (tertiary/aromatic N) is 4. The number of ether oxygens (including phenoxy) is 4. The quantitative estimate of drug-likeness (QED) is 0.165. The Bertz CT molecular complexity index is 1590. The number of aromatic nitrogens is 4. The van der Waals surface area contributed by atoms with Crippen LogP contribution in [-0.2, 0) is 22.6 Å². The molecule has 2 aliphatic rings. The van der Waals surface area contributed by atoms with Crippen molar-refractivity contribution in [2.24, 2.45) is 0 Å². The molecule has 4 N–H and O–H groups in total. The highest BCUT2D eigenvalue weighted by atomic mass is 35.5. The lowest BCUT2D eigenvalue weighted by Gasteiger charge is -2.36. The van der Waals surface area contributed by atoms with E-state index < -0.39 is 11.2 Å². The summed E-state index contributed by atoms with van der Waals surface area (Å²) in [5.41, 5.74) is 3.26. The van der Waals surface area contributed by atoms with Crippen LogP contribution in [0.25, 0.3) is 33.6 Å². The highest BCUT2D eigenvalue weighted by Crippen LogP contribution is 2.42. The van der Waals surface area contributed by atoms with E-state index in [1.807, 2.05) is 36.4 Å². The number of methoxy groups -OCH3 is 2. The summed E-state index contributed by atoms with van der Waals surface area (Å²) in [7, 11) is 3.06. The fourth-order valence-electron chi connectivity index (χ4n) is 5.21. The van der Waals surface area contributed by atoms with Gasteiger partial charge in [0.15, 0.2) is 0 Å². The van der Waals surface area contributed by atoms with Crippen molar-refractivity contribution in [3.05, 3.63) is 70.2 Å². The lowest BCUT2D eigenvalue weighted by Crippen LogP contribution is -2.56. The van der Waals surface area contributed by atoms with Gasteiger partial charge in [0.25, 0.3) is 0 Å². The monoisotopic (exact) mass is 668 g/mol. The van der Waals surface area contributed by atoms with E-state index in [1.54, 1.807) is 12.4 Å². The highest BCUT2D eigenvalue weighted by Gasteiger charge is 2.36. The van der Waals surface area contributed by atoms with Crippen LogP contribution < -0.4 is 20.1 Å². The van der Waals surface area contributed by atoms with Crippen LogP contribution in [0.15, 0.2) is 48.8 Å². The predicted octanol–water partition coefficient (Wildman–Crippen LogP) is 3.29. The van der Waals surface area contributed by atoms with E-state index in [1.165, 1.54) is 14.2 Å². The third-order valence-electron chi connectivity index (χ3n) is 7.83. The topological polar surface area (TPSA) is 153 Å². The summed E-state index contributed by atoms with van der Waals surface area (Å²) in [4.78, 5) is 18.5. The molecule has 4 heterocycles. The molecule has 6 rings (SSSR count). The maximum Gasteiger partial charge on any atom is 0.237 e. The van der Waals surface area contributed by atoms with E-state index in [0.717, 1.165) is 0 Å². The largest absolute Gasteiger partial charge is 0.480 e. The van der Waals surface area contributed by atoms with Crippen molar-refractivity contribution < 1.29 is 29.2 Å². The van der Waals surface area contributed by atoms with Gasteiger partial charge in [-0.05, 0) is 0 Å². The van der Waals surface area contributed by atoms with Crippen LogP contribution >= 0.6 is 23.2 Å². The van der Waals surface area contributed by atoms with Crippen LogP contribution in [0.4, 0.5) is 0 Å². The minimum Gasteiger partial charge on any atom is -0.480 e. The smallest absolute Gasteiger partial charge is 0.237 e. The Labute approximate surface area is 276 Å². The molecule has 46 heavy (non-hydrogen) atoms. The van der Waals surface area contributed by atoms with Gasteiger partial charge in [-0.1, -0.05) is 59.6 Å². The molecule has 2 aromatic heterocycles. The summed E-state index contributed by atoms with van der Waals surface area (Å²) in [6.07, 6.45) is 3.28. The molecule has 0 unspecified atom stereocenters. The number of halogens is 2. The Morgan fingerprint density at radius 1 is 0.696 bits per heavy atom. The standard InChI is InChI=1S/C32H34Cl2N6O6/c1-43-29-25(9-35-13-31(41)15-45-16-31)37-11-23(39-29)21-7-3-5-19(27(21)33)20-6-4-8-22(28(20)34)24-12-38-26(30(40-24)44-2)10-36-14-32(42)17-46-18-32/h3-8,11-12,35-36,41-42H,9-10,13-18H2,1-2H3. The van der Waals surface area contributed by atoms with E-state index in [-0.39, 0.29) is 0 Å². The zero-order valence-corrected chi connectivity index (χ0v) is 26.9. The van der Waals surface area contributed by atoms with Crippen LogP contribution in [0.5, 0.6) is 11.8 Å². The lowest BCUT2D eigenvalue weighted by atomic mass is 9.98. The van der Waals surface area contributed by atoms with E-state index >= 15 is 0 Å². The van der Waals surface area contributed by atoms with Crippen molar-refractivity contribution in [3.8, 4) is 45.4 Å². The van der Waals surface area contributed by atoms with Crippen LogP contribution in [0.1, 0.15) is 11.4 Å². The zero-order valence-electron chi connectivity index (χ0n) is 25.3. The highest BCUT2D eigenvalue weighted by molar-refractivity contribution is 6.39. The molecule has 12 nitrogen and oxygen atoms in total. The number of rotatable bonds is 13. The molecule has 242 valence electrons. The molecule has 4 aromatic rings. The van der Waals surface area contributed by atoms with E-state index in [2.05, 4.69) is 30.6 Å². The Morgan fingerprint density at radius 2 is 1.09 bits per heavy atom. The molecule has 14 heteroatoms. The molecule has 0 radical (unpaired) electrons. The average Bonchev–Trinajstić information content (AvgIpc) is 3.04. The van der Waals surface area contributed by atoms with Gasteiger partial charge in [0.1, 0.15) is 22.6 Å². The molecule has 0 atom stereocenters. The third-order valence-corrected chi connectivity index (χ3v) is 8.64. The summed E-state index contributed by atoms with van der Waals surface area (Å²) >= 11 is 14.0. The number of hydrogen-bond acceptors (Lipinski definition) is 12. The number of benzene rings is 2. The van der Waals surface area contributed by atoms with Gasteiger partial charge in [0.05, 0.1) is 74.5 Å². The summed E-state index contributed by atoms with van der Waals surface area (Å²) in [6, 6.07) is 11.2. The van der Waals surface area contributed by atoms with Crippen molar-refractivity contribution >= 4 is 23.2 Å². The van der Waals surface area contributed by atoms with Crippen LogP contribution in [0, 0.1) is 0 Å². The minimum absolute atomic E-state index is 0.304. The van der Waals surface area contributed by atoms with Gasteiger partial charge in [-0.2, -0.15) is 0 Å². The van der Waals surface area contributed by atoms with E-state index in [0.29, 0.717) is 119 Å². The molecule has 0 saturated carbocycles. The van der Waals surface area contributed by atoms with Crippen LogP contribution in [0.3, 0.4) is 0 Å². The average molecular weight is 670 g/mol. The lowest BCUT2D eigenvalue weighted by molar-refractivity contribution is -0.174. The van der Waals surface area contributed by atoms with Gasteiger partial charge in [0, 0.05) is 48.4 Å². The number of hydrogen-bond donors (Lipinski definition) is 4. The SMILES string of the molecule is COc1nc(-c2cccc(-c3cccc(-c4cnc(CNCC5(O)COC5)c(OC)n4)c3Cl)c2Cl)cnc1CNCC1(O)COC1. The third kappa shape index (κ3) is 6.80. The Morgan fingerprint density at radius 3 is 1.43 bits per heavy atom. The molecule has 2 fully saturated rings. The fraction of sp³-hybridized carbons (Fsp3) is 0.375. The molecule has 2 aliphatic heterocycles. The number of nitrogens with one attached hydrogen (secondary N) is 2. The van der Waals surface area contributed by atoms with Gasteiger partial charge in [-0.3, -0.25) is 9.97 Å². The van der Waals surface area contributed by atoms with Gasteiger partial charge in [-0.15, -0.1) is 0 Å². The maximum atomic E-state index is 10.2. The molecular weight excluding hydrogens is 635 g/mol. The first-order valence-corrected chi connectivity index (χ1v) is 15.4. The molecule has 0 spiro atoms. The summed E-state index contributed by atoms with van der Waals surface area (Å²) < 4.78 is 21.2. The summed E-state index contributed by atoms with van der Waals surface area (Å²) in [6.45, 7) is 2.68. The molecule has 0 aliphatic carbocycles. The predicted molar refractivity (Wildman–Crippen MR) is 172 cm³/mol. The second-order valence-corrected chi connectivity index (χ2v) is 12.2. The molecular formula is C32H34Cl2N6O6. The van der Waals surface area contributed by atoms with Crippen molar-refractivity contribution in [2.75, 3.05) is 53.7 Å². The minimum atomic E-state index is -0.858. The van der Waals surface area contributed by atoms with Crippen LogP contribution in [0.2, 0.25) is 10.0 Å². The Balaban J connectivity index is 1.23. The first-order valence-electron chi connectivity index (χ1n) is 14.6. The van der Waals surface area contributed by atoms with Crippen LogP contribution in [-0.4, -0.2) is 95.1 Å². The molecule has 2 saturated heterocycles. The first-order chi connectivity index (χ1) is 22.2. The zero-order chi connectivity index (χ0) is 32.3. The normalized spacial score (nSPS) is 16.4. The van der Waals surface area contributed by atoms with Crippen molar-refractivity contribution in [2.45, 2.75) is 24.3 Å². The van der Waals surface area contributed by atoms with Gasteiger partial charge in [-0.25, -0.2) is 9.97 Å². The van der Waals surface area contributed by atoms with Crippen molar-refractivity contribution in [3.63, 3.8) is 0 Å². The number of aliphatic hydroxyl groups is 2. The van der Waals surface area contributed by atoms with Crippen molar-refractivity contribution in [1.82, 2.24) is 30.6 Å². The molecule has 0 amide bonds. The summed E-state index contributed by atoms with van der Waals surface area (Å²) in [5.74, 6) is 0.699. The second kappa shape index (κ2) is 13.7. The van der Waals surface area contributed by atoms with Crippen molar-refractivity contribution in [1.29, 1.82) is 0 Å². The molecule has 2 aromatic carbocycles. The Kier molecular flexibility index (Phi) is 9.69. The maximum absolute atomic E-state index is 10.2. The first kappa shape index (κ1) is 32.5.